The average molecular weight is 394 g/mol. The van der Waals surface area contributed by atoms with E-state index in [1.165, 1.54) is 10.4 Å². The molecule has 1 heterocycles. The van der Waals surface area contributed by atoms with Crippen molar-refractivity contribution >= 4 is 21.9 Å². The molecule has 0 radical (unpaired) electrons. The number of sulfonamides is 1. The molecule has 3 rings (SSSR count). The minimum atomic E-state index is -3.64. The second-order valence-electron chi connectivity index (χ2n) is 7.40. The van der Waals surface area contributed by atoms with Crippen LogP contribution in [-0.4, -0.2) is 48.8 Å². The zero-order valence-electron chi connectivity index (χ0n) is 15.5. The van der Waals surface area contributed by atoms with Gasteiger partial charge in [-0.05, 0) is 50.3 Å². The molecule has 2 fully saturated rings. The van der Waals surface area contributed by atoms with Crippen molar-refractivity contribution in [3.63, 3.8) is 0 Å². The fraction of sp³-hybridized carbons (Fsp3) is 0.579. The maximum Gasteiger partial charge on any atom is 0.308 e. The number of nitrogens with one attached hydrogen (secondary N) is 1. The third kappa shape index (κ3) is 4.16. The zero-order valence-corrected chi connectivity index (χ0v) is 16.3. The Labute approximate surface area is 159 Å². The minimum absolute atomic E-state index is 0.151. The van der Waals surface area contributed by atoms with E-state index in [2.05, 4.69) is 5.32 Å². The van der Waals surface area contributed by atoms with Crippen LogP contribution in [0.15, 0.2) is 23.1 Å². The number of rotatable bonds is 5. The summed E-state index contributed by atoms with van der Waals surface area (Å²) < 4.78 is 27.5. The summed E-state index contributed by atoms with van der Waals surface area (Å²) in [6, 6.07) is 4.22. The number of amides is 1. The van der Waals surface area contributed by atoms with E-state index in [9.17, 15) is 23.1 Å². The molecule has 0 unspecified atom stereocenters. The molecular weight excluding hydrogens is 368 g/mol. The maximum absolute atomic E-state index is 13.0. The molecule has 1 aliphatic carbocycles. The molecule has 2 aliphatic rings. The molecule has 2 N–H and O–H groups in total. The highest BCUT2D eigenvalue weighted by molar-refractivity contribution is 7.89. The van der Waals surface area contributed by atoms with Gasteiger partial charge in [-0.2, -0.15) is 4.31 Å². The Bertz CT molecular complexity index is 831. The minimum Gasteiger partial charge on any atom is -0.481 e. The van der Waals surface area contributed by atoms with Gasteiger partial charge in [-0.25, -0.2) is 8.42 Å². The van der Waals surface area contributed by atoms with Crippen molar-refractivity contribution in [2.75, 3.05) is 13.1 Å². The van der Waals surface area contributed by atoms with Crippen molar-refractivity contribution in [1.29, 1.82) is 0 Å². The van der Waals surface area contributed by atoms with Gasteiger partial charge in [0, 0.05) is 24.7 Å². The van der Waals surface area contributed by atoms with Crippen LogP contribution in [0.25, 0.3) is 0 Å². The number of benzene rings is 1. The Morgan fingerprint density at radius 2 is 1.81 bits per heavy atom. The van der Waals surface area contributed by atoms with Crippen LogP contribution in [0.3, 0.4) is 0 Å². The number of hydrogen-bond donors (Lipinski definition) is 2. The fourth-order valence-corrected chi connectivity index (χ4v) is 5.71. The third-order valence-electron chi connectivity index (χ3n) is 5.53. The highest BCUT2D eigenvalue weighted by Crippen LogP contribution is 2.27. The van der Waals surface area contributed by atoms with Crippen molar-refractivity contribution in [2.24, 2.45) is 5.92 Å². The lowest BCUT2D eigenvalue weighted by atomic mass is 10.0. The number of carbonyl (C=O) groups excluding carboxylic acids is 1. The van der Waals surface area contributed by atoms with Crippen LogP contribution in [0.2, 0.25) is 0 Å². The largest absolute Gasteiger partial charge is 0.481 e. The standard InChI is InChI=1S/C19H26N2O5S/c1-13-8-9-14(18(22)20-16-7-5-6-15(16)19(23)24)12-17(13)27(25,26)21-10-3-2-4-11-21/h8-9,12,15-16H,2-7,10-11H2,1H3,(H,20,22)(H,23,24)/t15-,16+/m0/s1. The number of carbonyl (C=O) groups is 2. The zero-order chi connectivity index (χ0) is 19.6. The molecular formula is C19H26N2O5S. The molecule has 8 heteroatoms. The normalized spacial score (nSPS) is 23.9. The highest BCUT2D eigenvalue weighted by Gasteiger charge is 2.34. The summed E-state index contributed by atoms with van der Waals surface area (Å²) in [4.78, 5) is 24.1. The third-order valence-corrected chi connectivity index (χ3v) is 7.57. The molecule has 1 aromatic rings. The van der Waals surface area contributed by atoms with Crippen LogP contribution in [0.4, 0.5) is 0 Å². The summed E-state index contributed by atoms with van der Waals surface area (Å²) in [5.74, 6) is -1.92. The number of aliphatic carboxylic acids is 1. The van der Waals surface area contributed by atoms with E-state index in [1.54, 1.807) is 19.1 Å². The molecule has 1 saturated heterocycles. The van der Waals surface area contributed by atoms with Gasteiger partial charge in [0.1, 0.15) is 0 Å². The van der Waals surface area contributed by atoms with E-state index < -0.39 is 33.9 Å². The molecule has 1 saturated carbocycles. The second kappa shape index (κ2) is 7.98. The summed E-state index contributed by atoms with van der Waals surface area (Å²) in [7, 11) is -3.64. The fourth-order valence-electron chi connectivity index (χ4n) is 3.94. The van der Waals surface area contributed by atoms with E-state index in [1.807, 2.05) is 0 Å². The highest BCUT2D eigenvalue weighted by atomic mass is 32.2. The molecule has 0 spiro atoms. The van der Waals surface area contributed by atoms with Gasteiger partial charge >= 0.3 is 5.97 Å². The van der Waals surface area contributed by atoms with Crippen molar-refractivity contribution < 1.29 is 23.1 Å². The lowest BCUT2D eigenvalue weighted by molar-refractivity contribution is -0.142. The quantitative estimate of drug-likeness (QED) is 0.796. The van der Waals surface area contributed by atoms with Crippen molar-refractivity contribution in [3.05, 3.63) is 29.3 Å². The molecule has 1 amide bonds. The topological polar surface area (TPSA) is 104 Å². The summed E-state index contributed by atoms with van der Waals surface area (Å²) in [5, 5.41) is 12.0. The molecule has 1 aliphatic heterocycles. The van der Waals surface area contributed by atoms with Crippen LogP contribution in [0.1, 0.15) is 54.4 Å². The van der Waals surface area contributed by atoms with Crippen molar-refractivity contribution in [1.82, 2.24) is 9.62 Å². The first kappa shape index (κ1) is 19.8. The van der Waals surface area contributed by atoms with Gasteiger partial charge in [0.05, 0.1) is 10.8 Å². The molecule has 148 valence electrons. The molecule has 0 bridgehead atoms. The van der Waals surface area contributed by atoms with Gasteiger partial charge in [0.25, 0.3) is 5.91 Å². The summed E-state index contributed by atoms with van der Waals surface area (Å²) >= 11 is 0. The first-order valence-electron chi connectivity index (χ1n) is 9.45. The van der Waals surface area contributed by atoms with Gasteiger partial charge in [-0.1, -0.05) is 18.9 Å². The van der Waals surface area contributed by atoms with E-state index in [0.717, 1.165) is 25.7 Å². The maximum atomic E-state index is 13.0. The van der Waals surface area contributed by atoms with Gasteiger partial charge in [-0.15, -0.1) is 0 Å². The Balaban J connectivity index is 1.82. The number of carboxylic acid groups (broad SMARTS) is 1. The van der Waals surface area contributed by atoms with Gasteiger partial charge < -0.3 is 10.4 Å². The van der Waals surface area contributed by atoms with E-state index in [0.29, 0.717) is 31.5 Å². The smallest absolute Gasteiger partial charge is 0.308 e. The van der Waals surface area contributed by atoms with Crippen molar-refractivity contribution in [2.45, 2.75) is 56.4 Å². The SMILES string of the molecule is Cc1ccc(C(=O)N[C@@H]2CCC[C@@H]2C(=O)O)cc1S(=O)(=O)N1CCCCC1. The molecule has 0 aromatic heterocycles. The first-order chi connectivity index (χ1) is 12.8. The Morgan fingerprint density at radius 1 is 1.11 bits per heavy atom. The van der Waals surface area contributed by atoms with Crippen LogP contribution in [0, 0.1) is 12.8 Å². The molecule has 7 nitrogen and oxygen atoms in total. The Kier molecular flexibility index (Phi) is 5.86. The van der Waals surface area contributed by atoms with Crippen LogP contribution in [-0.2, 0) is 14.8 Å². The molecule has 27 heavy (non-hydrogen) atoms. The monoisotopic (exact) mass is 394 g/mol. The van der Waals surface area contributed by atoms with Crippen LogP contribution < -0.4 is 5.32 Å². The van der Waals surface area contributed by atoms with E-state index >= 15 is 0 Å². The van der Waals surface area contributed by atoms with Crippen LogP contribution >= 0.6 is 0 Å². The van der Waals surface area contributed by atoms with E-state index in [-0.39, 0.29) is 10.5 Å². The van der Waals surface area contributed by atoms with Crippen LogP contribution in [0.5, 0.6) is 0 Å². The summed E-state index contributed by atoms with van der Waals surface area (Å²) in [6.07, 6.45) is 4.63. The Morgan fingerprint density at radius 3 is 2.48 bits per heavy atom. The predicted molar refractivity (Wildman–Crippen MR) is 100 cm³/mol. The number of aryl methyl sites for hydroxylation is 1. The number of carboxylic acids is 1. The number of nitrogens with zero attached hydrogens (tertiary/aromatic N) is 1. The van der Waals surface area contributed by atoms with Gasteiger partial charge in [-0.3, -0.25) is 9.59 Å². The Hall–Kier alpha value is -1.93. The summed E-state index contributed by atoms with van der Waals surface area (Å²) in [5.41, 5.74) is 0.841. The van der Waals surface area contributed by atoms with Crippen molar-refractivity contribution in [3.8, 4) is 0 Å². The van der Waals surface area contributed by atoms with Gasteiger partial charge in [0.15, 0.2) is 0 Å². The first-order valence-corrected chi connectivity index (χ1v) is 10.9. The lowest BCUT2D eigenvalue weighted by Gasteiger charge is -2.26. The average Bonchev–Trinajstić information content (AvgIpc) is 3.11. The second-order valence-corrected chi connectivity index (χ2v) is 9.31. The lowest BCUT2D eigenvalue weighted by Crippen LogP contribution is -2.40. The number of piperidine rings is 1. The predicted octanol–water partition coefficient (Wildman–Crippen LogP) is 2.15. The van der Waals surface area contributed by atoms with E-state index in [4.69, 9.17) is 0 Å². The molecule has 1 aromatic carbocycles. The van der Waals surface area contributed by atoms with Gasteiger partial charge in [0.2, 0.25) is 10.0 Å². The number of hydrogen-bond acceptors (Lipinski definition) is 4. The summed E-state index contributed by atoms with van der Waals surface area (Å²) in [6.45, 7) is 2.72. The molecule has 2 atom stereocenters.